The van der Waals surface area contributed by atoms with E-state index in [0.29, 0.717) is 0 Å². The van der Waals surface area contributed by atoms with Crippen LogP contribution >= 0.6 is 11.8 Å². The van der Waals surface area contributed by atoms with Crippen LogP contribution in [-0.2, 0) is 0 Å². The van der Waals surface area contributed by atoms with Crippen molar-refractivity contribution >= 4 is 11.8 Å². The van der Waals surface area contributed by atoms with Crippen molar-refractivity contribution in [1.82, 2.24) is 0 Å². The normalized spacial score (nSPS) is 9.31. The van der Waals surface area contributed by atoms with Gasteiger partial charge in [0.15, 0.2) is 0 Å². The highest BCUT2D eigenvalue weighted by Crippen LogP contribution is 2.18. The van der Waals surface area contributed by atoms with E-state index in [1.807, 2.05) is 42.5 Å². The second kappa shape index (κ2) is 5.44. The highest BCUT2D eigenvalue weighted by molar-refractivity contribution is 7.98. The maximum absolute atomic E-state index is 3.21. The molecule has 0 bridgehead atoms. The van der Waals surface area contributed by atoms with Crippen LogP contribution in [0.4, 0.5) is 0 Å². The third-order valence-corrected chi connectivity index (χ3v) is 3.02. The molecular formula is C15H12S. The molecule has 0 aliphatic rings. The lowest BCUT2D eigenvalue weighted by Gasteiger charge is -1.98. The zero-order chi connectivity index (χ0) is 11.2. The number of rotatable bonds is 1. The summed E-state index contributed by atoms with van der Waals surface area (Å²) in [6, 6.07) is 18.3. The molecule has 0 amide bonds. The molecule has 0 atom stereocenters. The van der Waals surface area contributed by atoms with Crippen molar-refractivity contribution in [3.8, 4) is 11.8 Å². The summed E-state index contributed by atoms with van der Waals surface area (Å²) in [7, 11) is 0. The molecule has 2 aromatic rings. The summed E-state index contributed by atoms with van der Waals surface area (Å²) in [6.07, 6.45) is 2.07. The van der Waals surface area contributed by atoms with Crippen molar-refractivity contribution in [3.05, 3.63) is 65.7 Å². The lowest BCUT2D eigenvalue weighted by molar-refractivity contribution is 1.42. The molecule has 0 spiro atoms. The molecule has 0 saturated heterocycles. The second-order valence-corrected chi connectivity index (χ2v) is 4.16. The standard InChI is InChI=1S/C15H12S/c1-16-15-10-6-5-9-14(15)12-11-13-7-3-2-4-8-13/h2-10H,1H3. The zero-order valence-corrected chi connectivity index (χ0v) is 9.92. The number of thioether (sulfide) groups is 1. The van der Waals surface area contributed by atoms with Gasteiger partial charge in [0.2, 0.25) is 0 Å². The Morgan fingerprint density at radius 1 is 0.812 bits per heavy atom. The SMILES string of the molecule is CSc1ccccc1C#Cc1ccccc1. The Kier molecular flexibility index (Phi) is 3.69. The molecule has 0 nitrogen and oxygen atoms in total. The summed E-state index contributed by atoms with van der Waals surface area (Å²) in [4.78, 5) is 1.23. The van der Waals surface area contributed by atoms with Gasteiger partial charge < -0.3 is 0 Å². The van der Waals surface area contributed by atoms with Gasteiger partial charge in [-0.1, -0.05) is 42.2 Å². The van der Waals surface area contributed by atoms with Gasteiger partial charge in [-0.3, -0.25) is 0 Å². The van der Waals surface area contributed by atoms with Gasteiger partial charge in [-0.2, -0.15) is 0 Å². The minimum atomic E-state index is 1.05. The molecule has 0 aliphatic heterocycles. The predicted molar refractivity (Wildman–Crippen MR) is 70.6 cm³/mol. The smallest absolute Gasteiger partial charge is 0.0384 e. The third kappa shape index (κ3) is 2.68. The van der Waals surface area contributed by atoms with Crippen LogP contribution in [0.3, 0.4) is 0 Å². The molecule has 0 radical (unpaired) electrons. The van der Waals surface area contributed by atoms with E-state index in [9.17, 15) is 0 Å². The molecule has 0 aromatic heterocycles. The summed E-state index contributed by atoms with van der Waals surface area (Å²) < 4.78 is 0. The van der Waals surface area contributed by atoms with E-state index in [0.717, 1.165) is 11.1 Å². The van der Waals surface area contributed by atoms with E-state index in [2.05, 4.69) is 30.2 Å². The lowest BCUT2D eigenvalue weighted by Crippen LogP contribution is -1.79. The quantitative estimate of drug-likeness (QED) is 0.524. The fraction of sp³-hybridized carbons (Fsp3) is 0.0667. The van der Waals surface area contributed by atoms with Crippen molar-refractivity contribution in [2.75, 3.05) is 6.26 Å². The summed E-state index contributed by atoms with van der Waals surface area (Å²) >= 11 is 1.73. The maximum atomic E-state index is 3.21. The predicted octanol–water partition coefficient (Wildman–Crippen LogP) is 3.81. The van der Waals surface area contributed by atoms with Crippen LogP contribution in [0.15, 0.2) is 59.5 Å². The lowest BCUT2D eigenvalue weighted by atomic mass is 10.2. The number of hydrogen-bond acceptors (Lipinski definition) is 1. The topological polar surface area (TPSA) is 0 Å². The number of benzene rings is 2. The largest absolute Gasteiger partial charge is 0.128 e. The van der Waals surface area contributed by atoms with Gasteiger partial charge >= 0.3 is 0 Å². The van der Waals surface area contributed by atoms with Crippen molar-refractivity contribution in [1.29, 1.82) is 0 Å². The first kappa shape index (κ1) is 10.9. The summed E-state index contributed by atoms with van der Waals surface area (Å²) in [6.45, 7) is 0. The summed E-state index contributed by atoms with van der Waals surface area (Å²) in [5.41, 5.74) is 2.15. The third-order valence-electron chi connectivity index (χ3n) is 2.22. The van der Waals surface area contributed by atoms with Gasteiger partial charge in [-0.15, -0.1) is 11.8 Å². The van der Waals surface area contributed by atoms with E-state index in [1.165, 1.54) is 4.90 Å². The van der Waals surface area contributed by atoms with Crippen LogP contribution in [0.2, 0.25) is 0 Å². The monoisotopic (exact) mass is 224 g/mol. The van der Waals surface area contributed by atoms with E-state index in [1.54, 1.807) is 11.8 Å². The van der Waals surface area contributed by atoms with Crippen molar-refractivity contribution in [3.63, 3.8) is 0 Å². The van der Waals surface area contributed by atoms with E-state index in [4.69, 9.17) is 0 Å². The van der Waals surface area contributed by atoms with Crippen molar-refractivity contribution in [2.24, 2.45) is 0 Å². The van der Waals surface area contributed by atoms with Gasteiger partial charge in [0.05, 0.1) is 0 Å². The van der Waals surface area contributed by atoms with E-state index >= 15 is 0 Å². The van der Waals surface area contributed by atoms with Crippen LogP contribution in [0.5, 0.6) is 0 Å². The van der Waals surface area contributed by atoms with Crippen LogP contribution < -0.4 is 0 Å². The molecule has 16 heavy (non-hydrogen) atoms. The van der Waals surface area contributed by atoms with E-state index in [-0.39, 0.29) is 0 Å². The Hall–Kier alpha value is -1.65. The molecule has 0 fully saturated rings. The molecule has 78 valence electrons. The summed E-state index contributed by atoms with van der Waals surface area (Å²) in [5.74, 6) is 6.38. The van der Waals surface area contributed by atoms with Gasteiger partial charge in [0.25, 0.3) is 0 Å². The minimum absolute atomic E-state index is 1.05. The highest BCUT2D eigenvalue weighted by atomic mass is 32.2. The molecule has 1 heteroatoms. The van der Waals surface area contributed by atoms with Gasteiger partial charge in [-0.05, 0) is 30.5 Å². The maximum Gasteiger partial charge on any atom is 0.0384 e. The molecule has 0 saturated carbocycles. The molecule has 2 rings (SSSR count). The molecule has 0 unspecified atom stereocenters. The molecule has 0 heterocycles. The molecule has 2 aromatic carbocycles. The zero-order valence-electron chi connectivity index (χ0n) is 9.10. The molecule has 0 aliphatic carbocycles. The molecular weight excluding hydrogens is 212 g/mol. The van der Waals surface area contributed by atoms with Gasteiger partial charge in [0.1, 0.15) is 0 Å². The van der Waals surface area contributed by atoms with Crippen molar-refractivity contribution < 1.29 is 0 Å². The average Bonchev–Trinajstić information content (AvgIpc) is 2.38. The Morgan fingerprint density at radius 3 is 2.25 bits per heavy atom. The van der Waals surface area contributed by atoms with Crippen LogP contribution in [0.1, 0.15) is 11.1 Å². The first-order chi connectivity index (χ1) is 7.90. The van der Waals surface area contributed by atoms with Crippen LogP contribution in [0.25, 0.3) is 0 Å². The first-order valence-corrected chi connectivity index (χ1v) is 6.33. The van der Waals surface area contributed by atoms with Crippen molar-refractivity contribution in [2.45, 2.75) is 4.90 Å². The van der Waals surface area contributed by atoms with Gasteiger partial charge in [-0.25, -0.2) is 0 Å². The summed E-state index contributed by atoms with van der Waals surface area (Å²) in [5, 5.41) is 0. The fourth-order valence-electron chi connectivity index (χ4n) is 1.41. The van der Waals surface area contributed by atoms with Crippen LogP contribution in [0, 0.1) is 11.8 Å². The first-order valence-electron chi connectivity index (χ1n) is 5.10. The second-order valence-electron chi connectivity index (χ2n) is 3.32. The van der Waals surface area contributed by atoms with Crippen LogP contribution in [-0.4, -0.2) is 6.26 Å². The Morgan fingerprint density at radius 2 is 1.50 bits per heavy atom. The Balaban J connectivity index is 2.31. The Labute approximate surface area is 101 Å². The minimum Gasteiger partial charge on any atom is -0.128 e. The van der Waals surface area contributed by atoms with Gasteiger partial charge in [0, 0.05) is 16.0 Å². The Bertz CT molecular complexity index is 518. The molecule has 0 N–H and O–H groups in total. The number of hydrogen-bond donors (Lipinski definition) is 0. The average molecular weight is 224 g/mol. The fourth-order valence-corrected chi connectivity index (χ4v) is 1.96. The highest BCUT2D eigenvalue weighted by Gasteiger charge is 1.95. The van der Waals surface area contributed by atoms with E-state index < -0.39 is 0 Å².